The topological polar surface area (TPSA) is 62.2 Å². The Balaban J connectivity index is 1.35. The molecule has 0 aromatic carbocycles. The van der Waals surface area contributed by atoms with Crippen molar-refractivity contribution in [1.82, 2.24) is 24.8 Å². The molecule has 4 rings (SSSR count). The Labute approximate surface area is 154 Å². The molecule has 2 saturated heterocycles. The van der Waals surface area contributed by atoms with Crippen LogP contribution >= 0.6 is 0 Å². The third-order valence-electron chi connectivity index (χ3n) is 5.65. The number of carbonyl (C=O) groups excluding carboxylic acids is 1. The standard InChI is InChI=1S/C20H25N5O/c1-15-22-10-19(11-23-15)20(26)25-13-17-4-7-24(8-5-18(17)14-25)12-16-3-2-6-21-9-16/h2-3,6,9-11,17-18H,4-5,7-8,12-14H2,1H3/t17-,18+. The molecule has 1 amide bonds. The van der Waals surface area contributed by atoms with Gasteiger partial charge in [0.1, 0.15) is 5.82 Å². The fourth-order valence-electron chi connectivity index (χ4n) is 4.16. The molecule has 2 aliphatic rings. The average molecular weight is 351 g/mol. The summed E-state index contributed by atoms with van der Waals surface area (Å²) in [4.78, 5) is 29.8. The molecule has 0 spiro atoms. The van der Waals surface area contributed by atoms with Crippen molar-refractivity contribution in [2.24, 2.45) is 11.8 Å². The molecule has 0 unspecified atom stereocenters. The first-order valence-electron chi connectivity index (χ1n) is 9.38. The molecule has 4 heterocycles. The van der Waals surface area contributed by atoms with Gasteiger partial charge in [-0.3, -0.25) is 14.7 Å². The van der Waals surface area contributed by atoms with Gasteiger partial charge in [0, 0.05) is 44.4 Å². The van der Waals surface area contributed by atoms with Crippen LogP contribution in [0.1, 0.15) is 34.6 Å². The van der Waals surface area contributed by atoms with E-state index >= 15 is 0 Å². The zero-order valence-corrected chi connectivity index (χ0v) is 15.2. The third kappa shape index (κ3) is 3.75. The van der Waals surface area contributed by atoms with E-state index in [0.717, 1.165) is 45.6 Å². The summed E-state index contributed by atoms with van der Waals surface area (Å²) in [5, 5.41) is 0. The highest BCUT2D eigenvalue weighted by molar-refractivity contribution is 5.93. The van der Waals surface area contributed by atoms with Crippen LogP contribution in [0.15, 0.2) is 36.9 Å². The highest BCUT2D eigenvalue weighted by Crippen LogP contribution is 2.32. The number of pyridine rings is 1. The number of amides is 1. The summed E-state index contributed by atoms with van der Waals surface area (Å²) in [6.45, 7) is 6.70. The van der Waals surface area contributed by atoms with Crippen molar-refractivity contribution in [1.29, 1.82) is 0 Å². The van der Waals surface area contributed by atoms with Crippen LogP contribution in [0.5, 0.6) is 0 Å². The highest BCUT2D eigenvalue weighted by Gasteiger charge is 2.37. The van der Waals surface area contributed by atoms with E-state index in [-0.39, 0.29) is 5.91 Å². The molecule has 6 heteroatoms. The summed E-state index contributed by atoms with van der Waals surface area (Å²) in [6.07, 6.45) is 9.37. The van der Waals surface area contributed by atoms with Crippen LogP contribution in [-0.4, -0.2) is 56.8 Å². The first-order valence-corrected chi connectivity index (χ1v) is 9.38. The van der Waals surface area contributed by atoms with E-state index in [0.29, 0.717) is 23.2 Å². The number of aromatic nitrogens is 3. The fourth-order valence-corrected chi connectivity index (χ4v) is 4.16. The van der Waals surface area contributed by atoms with Crippen molar-refractivity contribution < 1.29 is 4.79 Å². The van der Waals surface area contributed by atoms with Gasteiger partial charge in [0.15, 0.2) is 0 Å². The van der Waals surface area contributed by atoms with Gasteiger partial charge >= 0.3 is 0 Å². The van der Waals surface area contributed by atoms with E-state index in [1.807, 2.05) is 30.3 Å². The zero-order valence-electron chi connectivity index (χ0n) is 15.2. The van der Waals surface area contributed by atoms with Crippen molar-refractivity contribution in [3.8, 4) is 0 Å². The number of aryl methyl sites for hydroxylation is 1. The number of rotatable bonds is 3. The van der Waals surface area contributed by atoms with E-state index in [1.165, 1.54) is 5.56 Å². The Morgan fingerprint density at radius 2 is 1.81 bits per heavy atom. The Bertz CT molecular complexity index is 733. The molecule has 6 nitrogen and oxygen atoms in total. The number of nitrogens with zero attached hydrogens (tertiary/aromatic N) is 5. The molecule has 2 aliphatic heterocycles. The summed E-state index contributed by atoms with van der Waals surface area (Å²) in [7, 11) is 0. The van der Waals surface area contributed by atoms with E-state index in [1.54, 1.807) is 12.4 Å². The molecule has 0 bridgehead atoms. The maximum absolute atomic E-state index is 12.7. The van der Waals surface area contributed by atoms with Gasteiger partial charge in [-0.25, -0.2) is 9.97 Å². The van der Waals surface area contributed by atoms with Crippen molar-refractivity contribution in [2.45, 2.75) is 26.3 Å². The molecule has 0 radical (unpaired) electrons. The smallest absolute Gasteiger partial charge is 0.257 e. The monoisotopic (exact) mass is 351 g/mol. The Morgan fingerprint density at radius 1 is 1.12 bits per heavy atom. The lowest BCUT2D eigenvalue weighted by Crippen LogP contribution is -2.31. The predicted octanol–water partition coefficient (Wildman–Crippen LogP) is 2.16. The maximum atomic E-state index is 12.7. The summed E-state index contributed by atoms with van der Waals surface area (Å²) in [6, 6.07) is 4.14. The summed E-state index contributed by atoms with van der Waals surface area (Å²) >= 11 is 0. The van der Waals surface area contributed by atoms with Crippen LogP contribution < -0.4 is 0 Å². The van der Waals surface area contributed by atoms with Crippen LogP contribution in [0.4, 0.5) is 0 Å². The molecule has 26 heavy (non-hydrogen) atoms. The van der Waals surface area contributed by atoms with Gasteiger partial charge in [0.25, 0.3) is 5.91 Å². The quantitative estimate of drug-likeness (QED) is 0.848. The number of fused-ring (bicyclic) bond motifs is 1. The lowest BCUT2D eigenvalue weighted by Gasteiger charge is -2.22. The molecule has 2 fully saturated rings. The van der Waals surface area contributed by atoms with Crippen molar-refractivity contribution in [2.75, 3.05) is 26.2 Å². The Hall–Kier alpha value is -2.34. The molecule has 2 atom stereocenters. The molecule has 2 aromatic rings. The number of carbonyl (C=O) groups is 1. The van der Waals surface area contributed by atoms with Gasteiger partial charge in [0.05, 0.1) is 5.56 Å². The summed E-state index contributed by atoms with van der Waals surface area (Å²) < 4.78 is 0. The van der Waals surface area contributed by atoms with Gasteiger partial charge in [0.2, 0.25) is 0 Å². The normalized spacial score (nSPS) is 23.5. The van der Waals surface area contributed by atoms with Crippen LogP contribution in [0.3, 0.4) is 0 Å². The van der Waals surface area contributed by atoms with E-state index in [4.69, 9.17) is 0 Å². The second-order valence-corrected chi connectivity index (χ2v) is 7.46. The molecular formula is C20H25N5O. The summed E-state index contributed by atoms with van der Waals surface area (Å²) in [5.74, 6) is 1.97. The Kier molecular flexibility index (Phi) is 4.93. The number of hydrogen-bond donors (Lipinski definition) is 0. The van der Waals surface area contributed by atoms with E-state index < -0.39 is 0 Å². The SMILES string of the molecule is Cc1ncc(C(=O)N2C[C@H]3CCN(Cc4cccnc4)CC[C@H]3C2)cn1. The van der Waals surface area contributed by atoms with E-state index in [9.17, 15) is 4.79 Å². The molecular weight excluding hydrogens is 326 g/mol. The van der Waals surface area contributed by atoms with Crippen molar-refractivity contribution in [3.05, 3.63) is 53.9 Å². The maximum Gasteiger partial charge on any atom is 0.257 e. The molecule has 0 saturated carbocycles. The molecule has 136 valence electrons. The van der Waals surface area contributed by atoms with Crippen LogP contribution in [-0.2, 0) is 6.54 Å². The van der Waals surface area contributed by atoms with Gasteiger partial charge < -0.3 is 4.90 Å². The van der Waals surface area contributed by atoms with E-state index in [2.05, 4.69) is 25.9 Å². The minimum Gasteiger partial charge on any atom is -0.338 e. The van der Waals surface area contributed by atoms with Crippen molar-refractivity contribution >= 4 is 5.91 Å². The average Bonchev–Trinajstić information content (AvgIpc) is 2.99. The largest absolute Gasteiger partial charge is 0.338 e. The van der Waals surface area contributed by atoms with Gasteiger partial charge in [-0.2, -0.15) is 0 Å². The van der Waals surface area contributed by atoms with Gasteiger partial charge in [-0.1, -0.05) is 6.07 Å². The first-order chi connectivity index (χ1) is 12.7. The Morgan fingerprint density at radius 3 is 2.42 bits per heavy atom. The third-order valence-corrected chi connectivity index (χ3v) is 5.65. The lowest BCUT2D eigenvalue weighted by atomic mass is 9.92. The summed E-state index contributed by atoms with van der Waals surface area (Å²) in [5.41, 5.74) is 1.88. The minimum absolute atomic E-state index is 0.0743. The molecule has 2 aromatic heterocycles. The predicted molar refractivity (Wildman–Crippen MR) is 98.4 cm³/mol. The highest BCUT2D eigenvalue weighted by atomic mass is 16.2. The van der Waals surface area contributed by atoms with Crippen LogP contribution in [0.2, 0.25) is 0 Å². The number of likely N-dealkylation sites (tertiary alicyclic amines) is 2. The second kappa shape index (κ2) is 7.50. The first kappa shape index (κ1) is 17.1. The van der Waals surface area contributed by atoms with Crippen molar-refractivity contribution in [3.63, 3.8) is 0 Å². The minimum atomic E-state index is 0.0743. The number of hydrogen-bond acceptors (Lipinski definition) is 5. The lowest BCUT2D eigenvalue weighted by molar-refractivity contribution is 0.0779. The van der Waals surface area contributed by atoms with Crippen LogP contribution in [0.25, 0.3) is 0 Å². The molecule has 0 N–H and O–H groups in total. The zero-order chi connectivity index (χ0) is 17.9. The molecule has 0 aliphatic carbocycles. The van der Waals surface area contributed by atoms with Gasteiger partial charge in [-0.05, 0) is 56.3 Å². The fraction of sp³-hybridized carbons (Fsp3) is 0.500. The van der Waals surface area contributed by atoms with Gasteiger partial charge in [-0.15, -0.1) is 0 Å². The second-order valence-electron chi connectivity index (χ2n) is 7.46. The van der Waals surface area contributed by atoms with Crippen LogP contribution in [0, 0.1) is 18.8 Å².